The van der Waals surface area contributed by atoms with E-state index in [2.05, 4.69) is 16.8 Å². The summed E-state index contributed by atoms with van der Waals surface area (Å²) in [5, 5.41) is 6.19. The van der Waals surface area contributed by atoms with Gasteiger partial charge in [0.25, 0.3) is 5.91 Å². The second-order valence-electron chi connectivity index (χ2n) is 5.15. The van der Waals surface area contributed by atoms with Crippen LogP contribution in [0.15, 0.2) is 29.4 Å². The molecule has 6 nitrogen and oxygen atoms in total. The fourth-order valence-electron chi connectivity index (χ4n) is 2.35. The molecule has 0 unspecified atom stereocenters. The molecule has 0 spiro atoms. The minimum atomic E-state index is -0.184. The molecule has 3 N–H and O–H groups in total. The van der Waals surface area contributed by atoms with Gasteiger partial charge in [-0.2, -0.15) is 5.10 Å². The summed E-state index contributed by atoms with van der Waals surface area (Å²) in [7, 11) is 0. The molecule has 1 aliphatic heterocycles. The number of hydrogen-bond acceptors (Lipinski definition) is 4. The molecular formula is C16H21N4O2. The number of hydrogen-bond donors (Lipinski definition) is 2. The third-order valence-electron chi connectivity index (χ3n) is 3.58. The van der Waals surface area contributed by atoms with Crippen molar-refractivity contribution in [2.75, 3.05) is 19.6 Å². The fraction of sp³-hybridized carbons (Fsp3) is 0.375. The first kappa shape index (κ1) is 16.0. The standard InChI is InChI=1S/C16H21N4O2/c17-19-12-13-4-6-14(7-5-13)16(22)18-9-8-15(21)20-10-2-1-3-11-20/h1,4-7,12H,2-3,8-11,17H2,(H,18,22). The van der Waals surface area contributed by atoms with Crippen LogP contribution in [0, 0.1) is 6.42 Å². The van der Waals surface area contributed by atoms with Gasteiger partial charge < -0.3 is 16.1 Å². The van der Waals surface area contributed by atoms with Crippen LogP contribution in [0.2, 0.25) is 0 Å². The van der Waals surface area contributed by atoms with Gasteiger partial charge in [-0.3, -0.25) is 9.59 Å². The molecule has 1 radical (unpaired) electrons. The van der Waals surface area contributed by atoms with Gasteiger partial charge >= 0.3 is 0 Å². The van der Waals surface area contributed by atoms with Crippen LogP contribution in [-0.4, -0.2) is 42.6 Å². The van der Waals surface area contributed by atoms with E-state index < -0.39 is 0 Å². The molecule has 2 amide bonds. The zero-order valence-electron chi connectivity index (χ0n) is 12.5. The minimum absolute atomic E-state index is 0.0999. The average molecular weight is 301 g/mol. The molecule has 0 saturated carbocycles. The molecule has 6 heteroatoms. The summed E-state index contributed by atoms with van der Waals surface area (Å²) >= 11 is 0. The van der Waals surface area contributed by atoms with Crippen LogP contribution in [0.4, 0.5) is 0 Å². The maximum Gasteiger partial charge on any atom is 0.251 e. The Morgan fingerprint density at radius 3 is 2.55 bits per heavy atom. The van der Waals surface area contributed by atoms with E-state index in [1.54, 1.807) is 24.3 Å². The molecule has 1 aromatic carbocycles. The summed E-state index contributed by atoms with van der Waals surface area (Å²) in [4.78, 5) is 25.8. The van der Waals surface area contributed by atoms with E-state index in [0.29, 0.717) is 18.5 Å². The monoisotopic (exact) mass is 301 g/mol. The van der Waals surface area contributed by atoms with E-state index in [1.807, 2.05) is 4.90 Å². The predicted molar refractivity (Wildman–Crippen MR) is 85.3 cm³/mol. The van der Waals surface area contributed by atoms with Gasteiger partial charge in [-0.25, -0.2) is 0 Å². The number of nitrogens with zero attached hydrogens (tertiary/aromatic N) is 2. The second-order valence-corrected chi connectivity index (χ2v) is 5.15. The van der Waals surface area contributed by atoms with E-state index in [1.165, 1.54) is 6.21 Å². The highest BCUT2D eigenvalue weighted by molar-refractivity contribution is 5.95. The van der Waals surface area contributed by atoms with Gasteiger partial charge in [-0.1, -0.05) is 12.1 Å². The molecule has 2 rings (SSSR count). The number of carbonyl (C=O) groups excluding carboxylic acids is 2. The number of hydrazone groups is 1. The Kier molecular flexibility index (Phi) is 5.94. The maximum absolute atomic E-state index is 12.0. The summed E-state index contributed by atoms with van der Waals surface area (Å²) in [5.74, 6) is 4.98. The van der Waals surface area contributed by atoms with Crippen molar-refractivity contribution in [1.82, 2.24) is 10.2 Å². The highest BCUT2D eigenvalue weighted by Gasteiger charge is 2.16. The number of rotatable bonds is 5. The lowest BCUT2D eigenvalue weighted by Crippen LogP contribution is -2.38. The zero-order chi connectivity index (χ0) is 15.8. The Labute approximate surface area is 130 Å². The van der Waals surface area contributed by atoms with Gasteiger partial charge in [0, 0.05) is 31.6 Å². The maximum atomic E-state index is 12.0. The Hall–Kier alpha value is -2.37. The predicted octanol–water partition coefficient (Wildman–Crippen LogP) is 0.926. The number of piperidine rings is 1. The molecule has 22 heavy (non-hydrogen) atoms. The third-order valence-corrected chi connectivity index (χ3v) is 3.58. The Bertz CT molecular complexity index is 534. The largest absolute Gasteiger partial charge is 0.352 e. The van der Waals surface area contributed by atoms with Gasteiger partial charge in [0.1, 0.15) is 0 Å². The van der Waals surface area contributed by atoms with Crippen LogP contribution in [0.3, 0.4) is 0 Å². The molecule has 1 saturated heterocycles. The van der Waals surface area contributed by atoms with Crippen molar-refractivity contribution in [2.45, 2.75) is 19.3 Å². The van der Waals surface area contributed by atoms with Crippen LogP contribution in [0.1, 0.15) is 35.2 Å². The number of likely N-dealkylation sites (tertiary alicyclic amines) is 1. The van der Waals surface area contributed by atoms with Crippen molar-refractivity contribution in [2.24, 2.45) is 10.9 Å². The summed E-state index contributed by atoms with van der Waals surface area (Å²) < 4.78 is 0. The number of benzene rings is 1. The number of carbonyl (C=O) groups is 2. The third kappa shape index (κ3) is 4.58. The highest BCUT2D eigenvalue weighted by Crippen LogP contribution is 2.08. The van der Waals surface area contributed by atoms with E-state index in [0.717, 1.165) is 31.5 Å². The van der Waals surface area contributed by atoms with Gasteiger partial charge in [-0.15, -0.1) is 0 Å². The van der Waals surface area contributed by atoms with Gasteiger partial charge in [0.2, 0.25) is 5.91 Å². The normalized spacial score (nSPS) is 15.0. The van der Waals surface area contributed by atoms with Crippen molar-refractivity contribution >= 4 is 18.0 Å². The SMILES string of the molecule is NN=Cc1ccc(C(=O)NCCC(=O)N2CC[CH]CC2)cc1. The van der Waals surface area contributed by atoms with E-state index >= 15 is 0 Å². The number of nitrogens with one attached hydrogen (secondary N) is 1. The first-order valence-electron chi connectivity index (χ1n) is 7.41. The van der Waals surface area contributed by atoms with E-state index in [4.69, 9.17) is 5.84 Å². The highest BCUT2D eigenvalue weighted by atomic mass is 16.2. The lowest BCUT2D eigenvalue weighted by atomic mass is 10.1. The Morgan fingerprint density at radius 2 is 1.91 bits per heavy atom. The summed E-state index contributed by atoms with van der Waals surface area (Å²) in [6.45, 7) is 1.93. The number of nitrogens with two attached hydrogens (primary N) is 1. The first-order chi connectivity index (χ1) is 10.7. The van der Waals surface area contributed by atoms with Gasteiger partial charge in [0.05, 0.1) is 6.21 Å². The molecule has 0 aromatic heterocycles. The average Bonchev–Trinajstić information content (AvgIpc) is 2.56. The molecule has 1 aromatic rings. The summed E-state index contributed by atoms with van der Waals surface area (Å²) in [5.41, 5.74) is 1.38. The van der Waals surface area contributed by atoms with Crippen molar-refractivity contribution < 1.29 is 9.59 Å². The van der Waals surface area contributed by atoms with Crippen LogP contribution >= 0.6 is 0 Å². The van der Waals surface area contributed by atoms with Gasteiger partial charge in [0.15, 0.2) is 0 Å². The van der Waals surface area contributed by atoms with Crippen molar-refractivity contribution in [1.29, 1.82) is 0 Å². The van der Waals surface area contributed by atoms with E-state index in [-0.39, 0.29) is 11.8 Å². The molecule has 0 bridgehead atoms. The zero-order valence-corrected chi connectivity index (χ0v) is 12.5. The fourth-order valence-corrected chi connectivity index (χ4v) is 2.35. The summed E-state index contributed by atoms with van der Waals surface area (Å²) in [6.07, 6.45) is 5.96. The molecule has 0 aliphatic carbocycles. The lowest BCUT2D eigenvalue weighted by Gasteiger charge is -2.26. The van der Waals surface area contributed by atoms with Crippen molar-refractivity contribution in [3.05, 3.63) is 41.8 Å². The molecule has 0 atom stereocenters. The van der Waals surface area contributed by atoms with Gasteiger partial charge in [-0.05, 0) is 37.0 Å². The summed E-state index contributed by atoms with van der Waals surface area (Å²) in [6, 6.07) is 6.94. The smallest absolute Gasteiger partial charge is 0.251 e. The Balaban J connectivity index is 1.76. The number of amides is 2. The molecular weight excluding hydrogens is 280 g/mol. The molecule has 1 heterocycles. The lowest BCUT2D eigenvalue weighted by molar-refractivity contribution is -0.131. The molecule has 117 valence electrons. The molecule has 1 aliphatic rings. The quantitative estimate of drug-likeness (QED) is 0.482. The second kappa shape index (κ2) is 8.17. The first-order valence-corrected chi connectivity index (χ1v) is 7.41. The van der Waals surface area contributed by atoms with Crippen LogP contribution in [-0.2, 0) is 4.79 Å². The molecule has 1 fully saturated rings. The van der Waals surface area contributed by atoms with Crippen LogP contribution < -0.4 is 11.2 Å². The Morgan fingerprint density at radius 1 is 1.23 bits per heavy atom. The van der Waals surface area contributed by atoms with Crippen molar-refractivity contribution in [3.8, 4) is 0 Å². The van der Waals surface area contributed by atoms with Crippen molar-refractivity contribution in [3.63, 3.8) is 0 Å². The van der Waals surface area contributed by atoms with Crippen LogP contribution in [0.25, 0.3) is 0 Å². The minimum Gasteiger partial charge on any atom is -0.352 e. The van der Waals surface area contributed by atoms with Crippen LogP contribution in [0.5, 0.6) is 0 Å². The van der Waals surface area contributed by atoms with E-state index in [9.17, 15) is 9.59 Å². The topological polar surface area (TPSA) is 87.8 Å².